The van der Waals surface area contributed by atoms with Gasteiger partial charge in [-0.1, -0.05) is 42.5 Å². The van der Waals surface area contributed by atoms with E-state index in [2.05, 4.69) is 10.3 Å². The van der Waals surface area contributed by atoms with Gasteiger partial charge in [0.2, 0.25) is 11.7 Å². The first-order chi connectivity index (χ1) is 17.2. The molecule has 10 heteroatoms. The van der Waals surface area contributed by atoms with Gasteiger partial charge >= 0.3 is 0 Å². The number of likely N-dealkylation sites (N-methyl/N-ethyl adjacent to an activating group) is 1. The molecule has 2 N–H and O–H groups in total. The quantitative estimate of drug-likeness (QED) is 0.544. The SMILES string of the molecule is CC(=O)N1CCn2c(nc(C(=O)NCc3ccc(F)cc3)c(O)c2=O)C(N(C)Cc2ccccc2)C1. The van der Waals surface area contributed by atoms with Crippen LogP contribution in [0.5, 0.6) is 5.75 Å². The number of carbonyl (C=O) groups is 2. The van der Waals surface area contributed by atoms with Crippen LogP contribution in [0.15, 0.2) is 59.4 Å². The zero-order chi connectivity index (χ0) is 25.8. The fraction of sp³-hybridized carbons (Fsp3) is 0.308. The minimum Gasteiger partial charge on any atom is -0.501 e. The number of fused-ring (bicyclic) bond motifs is 1. The normalized spacial score (nSPS) is 15.3. The summed E-state index contributed by atoms with van der Waals surface area (Å²) >= 11 is 0. The van der Waals surface area contributed by atoms with E-state index >= 15 is 0 Å². The molecule has 1 atom stereocenters. The van der Waals surface area contributed by atoms with Gasteiger partial charge < -0.3 is 15.3 Å². The average molecular weight is 494 g/mol. The summed E-state index contributed by atoms with van der Waals surface area (Å²) in [5, 5.41) is 13.2. The molecule has 3 aromatic rings. The molecular weight excluding hydrogens is 465 g/mol. The summed E-state index contributed by atoms with van der Waals surface area (Å²) in [6, 6.07) is 14.8. The highest BCUT2D eigenvalue weighted by atomic mass is 19.1. The molecule has 0 saturated carbocycles. The van der Waals surface area contributed by atoms with Crippen LogP contribution in [0.25, 0.3) is 0 Å². The molecule has 4 rings (SSSR count). The summed E-state index contributed by atoms with van der Waals surface area (Å²) in [6.07, 6.45) is 0. The minimum atomic E-state index is -0.754. The first-order valence-corrected chi connectivity index (χ1v) is 11.6. The second-order valence-electron chi connectivity index (χ2n) is 8.81. The molecule has 0 spiro atoms. The van der Waals surface area contributed by atoms with Gasteiger partial charge in [-0.3, -0.25) is 23.9 Å². The van der Waals surface area contributed by atoms with Gasteiger partial charge in [0.05, 0.1) is 6.04 Å². The van der Waals surface area contributed by atoms with E-state index in [-0.39, 0.29) is 37.8 Å². The number of halogens is 1. The summed E-state index contributed by atoms with van der Waals surface area (Å²) < 4.78 is 14.5. The summed E-state index contributed by atoms with van der Waals surface area (Å²) in [5.41, 5.74) is 0.551. The Labute approximate surface area is 207 Å². The molecular formula is C26H28FN5O4. The van der Waals surface area contributed by atoms with Crippen LogP contribution in [0.4, 0.5) is 4.39 Å². The van der Waals surface area contributed by atoms with Gasteiger partial charge in [0, 0.05) is 39.6 Å². The second-order valence-corrected chi connectivity index (χ2v) is 8.81. The summed E-state index contributed by atoms with van der Waals surface area (Å²) in [4.78, 5) is 46.4. The zero-order valence-electron chi connectivity index (χ0n) is 20.1. The fourth-order valence-electron chi connectivity index (χ4n) is 4.26. The highest BCUT2D eigenvalue weighted by Crippen LogP contribution is 2.25. The maximum absolute atomic E-state index is 13.2. The molecule has 1 unspecified atom stereocenters. The Morgan fingerprint density at radius 3 is 2.47 bits per heavy atom. The van der Waals surface area contributed by atoms with Gasteiger partial charge in [-0.05, 0) is 30.3 Å². The number of hydrogen-bond acceptors (Lipinski definition) is 6. The number of nitrogens with zero attached hydrogens (tertiary/aromatic N) is 4. The van der Waals surface area contributed by atoms with Crippen LogP contribution in [0.2, 0.25) is 0 Å². The average Bonchev–Trinajstić information content (AvgIpc) is 3.06. The van der Waals surface area contributed by atoms with Crippen molar-refractivity contribution in [2.75, 3.05) is 20.1 Å². The lowest BCUT2D eigenvalue weighted by atomic mass is 10.1. The van der Waals surface area contributed by atoms with Gasteiger partial charge in [0.15, 0.2) is 5.69 Å². The minimum absolute atomic E-state index is 0.0636. The first kappa shape index (κ1) is 25.1. The summed E-state index contributed by atoms with van der Waals surface area (Å²) in [6.45, 7) is 2.73. The standard InChI is InChI=1S/C26H28FN5O4/c1-17(33)31-12-13-32-24(21(16-31)30(2)15-19-6-4-3-5-7-19)29-22(23(34)26(32)36)25(35)28-14-18-8-10-20(27)11-9-18/h3-11,21,34H,12-16H2,1-2H3,(H,28,35). The highest BCUT2D eigenvalue weighted by molar-refractivity contribution is 5.94. The topological polar surface area (TPSA) is 108 Å². The highest BCUT2D eigenvalue weighted by Gasteiger charge is 2.32. The van der Waals surface area contributed by atoms with Crippen molar-refractivity contribution in [3.05, 3.63) is 93.4 Å². The number of hydrogen-bond donors (Lipinski definition) is 2. The van der Waals surface area contributed by atoms with Crippen molar-refractivity contribution >= 4 is 11.8 Å². The van der Waals surface area contributed by atoms with Crippen LogP contribution in [-0.2, 0) is 24.4 Å². The Morgan fingerprint density at radius 2 is 1.81 bits per heavy atom. The number of rotatable bonds is 6. The van der Waals surface area contributed by atoms with Crippen molar-refractivity contribution in [2.24, 2.45) is 0 Å². The molecule has 0 fully saturated rings. The third-order valence-electron chi connectivity index (χ3n) is 6.29. The van der Waals surface area contributed by atoms with E-state index in [1.54, 1.807) is 4.90 Å². The van der Waals surface area contributed by atoms with Crippen molar-refractivity contribution in [1.82, 2.24) is 24.7 Å². The molecule has 2 aromatic carbocycles. The van der Waals surface area contributed by atoms with Crippen LogP contribution in [0.3, 0.4) is 0 Å². The molecule has 0 radical (unpaired) electrons. The Balaban J connectivity index is 1.68. The molecule has 9 nitrogen and oxygen atoms in total. The summed E-state index contributed by atoms with van der Waals surface area (Å²) in [5.74, 6) is -1.72. The van der Waals surface area contributed by atoms with Gasteiger partial charge in [0.25, 0.3) is 11.5 Å². The largest absolute Gasteiger partial charge is 0.501 e. The Kier molecular flexibility index (Phi) is 7.44. The number of benzene rings is 2. The van der Waals surface area contributed by atoms with Crippen LogP contribution < -0.4 is 10.9 Å². The molecule has 2 heterocycles. The number of aromatic nitrogens is 2. The molecule has 0 aliphatic carbocycles. The number of aromatic hydroxyl groups is 1. The molecule has 1 aromatic heterocycles. The molecule has 188 valence electrons. The third kappa shape index (κ3) is 5.44. The first-order valence-electron chi connectivity index (χ1n) is 11.6. The van der Waals surface area contributed by atoms with Crippen LogP contribution in [0, 0.1) is 5.82 Å². The monoisotopic (exact) mass is 493 g/mol. The van der Waals surface area contributed by atoms with E-state index < -0.39 is 29.1 Å². The Hall–Kier alpha value is -4.05. The van der Waals surface area contributed by atoms with Crippen molar-refractivity contribution in [2.45, 2.75) is 32.6 Å². The van der Waals surface area contributed by atoms with Gasteiger partial charge in [0.1, 0.15) is 11.6 Å². The van der Waals surface area contributed by atoms with Gasteiger partial charge in [-0.15, -0.1) is 0 Å². The van der Waals surface area contributed by atoms with Crippen LogP contribution >= 0.6 is 0 Å². The van der Waals surface area contributed by atoms with E-state index in [4.69, 9.17) is 0 Å². The lowest BCUT2D eigenvalue weighted by Gasteiger charge is -2.30. The predicted octanol–water partition coefficient (Wildman–Crippen LogP) is 2.05. The van der Waals surface area contributed by atoms with Gasteiger partial charge in [-0.2, -0.15) is 0 Å². The van der Waals surface area contributed by atoms with Crippen molar-refractivity contribution in [1.29, 1.82) is 0 Å². The maximum Gasteiger partial charge on any atom is 0.296 e. The number of nitrogens with one attached hydrogen (secondary N) is 1. The third-order valence-corrected chi connectivity index (χ3v) is 6.29. The lowest BCUT2D eigenvalue weighted by Crippen LogP contribution is -2.38. The fourth-order valence-corrected chi connectivity index (χ4v) is 4.26. The molecule has 36 heavy (non-hydrogen) atoms. The van der Waals surface area contributed by atoms with E-state index in [1.165, 1.54) is 35.8 Å². The molecule has 0 saturated heterocycles. The maximum atomic E-state index is 13.2. The number of carbonyl (C=O) groups excluding carboxylic acids is 2. The van der Waals surface area contributed by atoms with E-state index in [1.807, 2.05) is 42.3 Å². The van der Waals surface area contributed by atoms with Crippen molar-refractivity contribution < 1.29 is 19.1 Å². The van der Waals surface area contributed by atoms with Crippen molar-refractivity contribution in [3.63, 3.8) is 0 Å². The van der Waals surface area contributed by atoms with E-state index in [0.717, 1.165) is 5.56 Å². The molecule has 1 aliphatic heterocycles. The van der Waals surface area contributed by atoms with Crippen LogP contribution in [0.1, 0.15) is 40.4 Å². The van der Waals surface area contributed by atoms with Crippen LogP contribution in [-0.4, -0.2) is 56.4 Å². The Bertz CT molecular complexity index is 1310. The summed E-state index contributed by atoms with van der Waals surface area (Å²) in [7, 11) is 1.86. The molecule has 1 aliphatic rings. The lowest BCUT2D eigenvalue weighted by molar-refractivity contribution is -0.129. The molecule has 0 bridgehead atoms. The van der Waals surface area contributed by atoms with Gasteiger partial charge in [-0.25, -0.2) is 9.37 Å². The zero-order valence-corrected chi connectivity index (χ0v) is 20.1. The smallest absolute Gasteiger partial charge is 0.296 e. The second kappa shape index (κ2) is 10.7. The van der Waals surface area contributed by atoms with E-state index in [9.17, 15) is 23.9 Å². The Morgan fingerprint density at radius 1 is 1.11 bits per heavy atom. The van der Waals surface area contributed by atoms with Crippen molar-refractivity contribution in [3.8, 4) is 5.75 Å². The predicted molar refractivity (Wildman–Crippen MR) is 131 cm³/mol. The van der Waals surface area contributed by atoms with E-state index in [0.29, 0.717) is 17.9 Å². The molecule has 2 amide bonds. The number of amides is 2.